The fraction of sp³-hybridized carbons (Fsp3) is 0.364. The Morgan fingerprint density at radius 2 is 2.06 bits per heavy atom. The molecule has 162 valence electrons. The van der Waals surface area contributed by atoms with Crippen molar-refractivity contribution < 1.29 is 14.3 Å². The number of aliphatic hydroxyl groups is 1. The molecule has 3 heterocycles. The van der Waals surface area contributed by atoms with E-state index >= 15 is 0 Å². The van der Waals surface area contributed by atoms with E-state index in [1.54, 1.807) is 12.3 Å². The van der Waals surface area contributed by atoms with Crippen LogP contribution in [0.1, 0.15) is 43.6 Å². The topological polar surface area (TPSA) is 111 Å². The van der Waals surface area contributed by atoms with Crippen LogP contribution in [0.5, 0.6) is 0 Å². The summed E-state index contributed by atoms with van der Waals surface area (Å²) in [4.78, 5) is 22.9. The van der Waals surface area contributed by atoms with Crippen molar-refractivity contribution in [2.24, 2.45) is 0 Å². The number of alkyl halides is 1. The molecule has 0 bridgehead atoms. The molecule has 0 aliphatic rings. The van der Waals surface area contributed by atoms with Crippen LogP contribution in [0.2, 0.25) is 0 Å². The fourth-order valence-electron chi connectivity index (χ4n) is 2.91. The number of nitrogens with zero attached hydrogens (tertiary/aromatic N) is 3. The molecule has 3 aromatic heterocycles. The van der Waals surface area contributed by atoms with Crippen molar-refractivity contribution in [3.05, 3.63) is 41.9 Å². The minimum Gasteiger partial charge on any atom is -0.387 e. The Morgan fingerprint density at radius 1 is 1.32 bits per heavy atom. The molecular weight excluding hydrogens is 417 g/mol. The van der Waals surface area contributed by atoms with Crippen molar-refractivity contribution >= 4 is 33.1 Å². The van der Waals surface area contributed by atoms with Gasteiger partial charge in [-0.25, -0.2) is 9.37 Å². The number of hydrogen-bond donors (Lipinski definition) is 3. The van der Waals surface area contributed by atoms with Crippen molar-refractivity contribution in [2.75, 3.05) is 11.9 Å². The molecule has 0 aliphatic carbocycles. The summed E-state index contributed by atoms with van der Waals surface area (Å²) in [6.07, 6.45) is 3.02. The normalized spacial score (nSPS) is 12.6. The molecule has 3 aromatic rings. The number of carbonyl (C=O) groups excluding carboxylic acids is 1. The van der Waals surface area contributed by atoms with E-state index in [4.69, 9.17) is 5.26 Å². The van der Waals surface area contributed by atoms with Gasteiger partial charge in [0.15, 0.2) is 0 Å². The van der Waals surface area contributed by atoms with E-state index in [0.29, 0.717) is 11.3 Å². The van der Waals surface area contributed by atoms with Gasteiger partial charge in [0.25, 0.3) is 5.91 Å². The Kier molecular flexibility index (Phi) is 6.53. The molecular formula is C22H24FN5O2S. The molecule has 3 rings (SSSR count). The molecule has 3 N–H and O–H groups in total. The zero-order chi connectivity index (χ0) is 22.8. The Balaban J connectivity index is 2.00. The predicted octanol–water partition coefficient (Wildman–Crippen LogP) is 3.89. The van der Waals surface area contributed by atoms with Crippen LogP contribution in [0, 0.1) is 11.3 Å². The minimum atomic E-state index is -1.61. The van der Waals surface area contributed by atoms with Gasteiger partial charge in [0, 0.05) is 40.5 Å². The summed E-state index contributed by atoms with van der Waals surface area (Å²) < 4.78 is 14.1. The number of carbonyl (C=O) groups is 1. The van der Waals surface area contributed by atoms with Crippen molar-refractivity contribution in [1.82, 2.24) is 15.3 Å². The Hall–Kier alpha value is -3.09. The number of nitriles is 1. The van der Waals surface area contributed by atoms with Gasteiger partial charge in [-0.15, -0.1) is 11.3 Å². The summed E-state index contributed by atoms with van der Waals surface area (Å²) in [6, 6.07) is 5.77. The van der Waals surface area contributed by atoms with Crippen molar-refractivity contribution in [3.8, 4) is 16.5 Å². The van der Waals surface area contributed by atoms with Crippen LogP contribution in [0.15, 0.2) is 30.7 Å². The number of aromatic nitrogens is 2. The lowest BCUT2D eigenvalue weighted by atomic mass is 10.0. The summed E-state index contributed by atoms with van der Waals surface area (Å²) in [5.41, 5.74) is 0.577. The average molecular weight is 442 g/mol. The Bertz CT molecular complexity index is 1150. The van der Waals surface area contributed by atoms with Gasteiger partial charge in [-0.2, -0.15) is 5.26 Å². The SMILES string of the molecule is CC(C)Nc1c(C(=O)NC[C@@H](F)C(C)(C)O)cnc2sc(-c3cncc(C#N)c3)cc12. The van der Waals surface area contributed by atoms with Gasteiger partial charge in [-0.3, -0.25) is 9.78 Å². The molecule has 0 saturated carbocycles. The van der Waals surface area contributed by atoms with E-state index in [1.807, 2.05) is 19.9 Å². The number of halogens is 1. The average Bonchev–Trinajstić information content (AvgIpc) is 3.16. The van der Waals surface area contributed by atoms with E-state index < -0.39 is 17.7 Å². The molecule has 1 atom stereocenters. The second-order valence-electron chi connectivity index (χ2n) is 8.08. The number of anilines is 1. The van der Waals surface area contributed by atoms with Crippen LogP contribution < -0.4 is 10.6 Å². The van der Waals surface area contributed by atoms with Crippen LogP contribution >= 0.6 is 11.3 Å². The first-order valence-corrected chi connectivity index (χ1v) is 10.6. The van der Waals surface area contributed by atoms with Crippen LogP contribution in [0.25, 0.3) is 20.7 Å². The maximum absolute atomic E-state index is 14.1. The third-order valence-corrected chi connectivity index (χ3v) is 5.69. The zero-order valence-electron chi connectivity index (χ0n) is 17.7. The van der Waals surface area contributed by atoms with Gasteiger partial charge in [0.1, 0.15) is 17.1 Å². The first kappa shape index (κ1) is 22.6. The van der Waals surface area contributed by atoms with Crippen LogP contribution in [-0.4, -0.2) is 45.3 Å². The first-order valence-electron chi connectivity index (χ1n) is 9.79. The fourth-order valence-corrected chi connectivity index (χ4v) is 3.90. The highest BCUT2D eigenvalue weighted by atomic mass is 32.1. The quantitative estimate of drug-likeness (QED) is 0.513. The molecule has 0 saturated heterocycles. The number of pyridine rings is 2. The third-order valence-electron chi connectivity index (χ3n) is 4.60. The Labute approximate surface area is 184 Å². The van der Waals surface area contributed by atoms with Gasteiger partial charge in [0.05, 0.1) is 29.0 Å². The number of thiophene rings is 1. The maximum atomic E-state index is 14.1. The second kappa shape index (κ2) is 8.96. The first-order chi connectivity index (χ1) is 14.6. The molecule has 0 radical (unpaired) electrons. The van der Waals surface area contributed by atoms with Gasteiger partial charge in [0.2, 0.25) is 0 Å². The monoisotopic (exact) mass is 441 g/mol. The number of hydrogen-bond acceptors (Lipinski definition) is 7. The molecule has 0 unspecified atom stereocenters. The molecule has 1 amide bonds. The molecule has 0 fully saturated rings. The van der Waals surface area contributed by atoms with Gasteiger partial charge in [-0.05, 0) is 39.8 Å². The standard InChI is InChI=1S/C22H24FN5O2S/c1-12(2)28-19-15-6-17(14-5-13(7-24)8-25-9-14)31-21(15)27-10-16(19)20(29)26-11-18(23)22(3,4)30/h5-6,8-10,12,18,30H,11H2,1-4H3,(H,26,29)(H,27,28)/t18-/m1/s1. The van der Waals surface area contributed by atoms with E-state index in [1.165, 1.54) is 37.6 Å². The maximum Gasteiger partial charge on any atom is 0.255 e. The van der Waals surface area contributed by atoms with E-state index in [2.05, 4.69) is 26.7 Å². The molecule has 31 heavy (non-hydrogen) atoms. The number of fused-ring (bicyclic) bond motifs is 1. The highest BCUT2D eigenvalue weighted by molar-refractivity contribution is 7.22. The molecule has 0 aliphatic heterocycles. The summed E-state index contributed by atoms with van der Waals surface area (Å²) in [7, 11) is 0. The van der Waals surface area contributed by atoms with E-state index in [-0.39, 0.29) is 18.2 Å². The van der Waals surface area contributed by atoms with Crippen molar-refractivity contribution in [3.63, 3.8) is 0 Å². The van der Waals surface area contributed by atoms with Gasteiger partial charge < -0.3 is 15.7 Å². The van der Waals surface area contributed by atoms with Crippen LogP contribution in [0.4, 0.5) is 10.1 Å². The van der Waals surface area contributed by atoms with E-state index in [9.17, 15) is 14.3 Å². The smallest absolute Gasteiger partial charge is 0.255 e. The predicted molar refractivity (Wildman–Crippen MR) is 120 cm³/mol. The Morgan fingerprint density at radius 3 is 2.71 bits per heavy atom. The number of amides is 1. The zero-order valence-corrected chi connectivity index (χ0v) is 18.5. The third kappa shape index (κ3) is 5.16. The van der Waals surface area contributed by atoms with Gasteiger partial charge in [-0.1, -0.05) is 0 Å². The van der Waals surface area contributed by atoms with Crippen molar-refractivity contribution in [1.29, 1.82) is 5.26 Å². The summed E-state index contributed by atoms with van der Waals surface area (Å²) in [6.45, 7) is 6.29. The summed E-state index contributed by atoms with van der Waals surface area (Å²) in [5.74, 6) is -0.481. The van der Waals surface area contributed by atoms with Crippen LogP contribution in [0.3, 0.4) is 0 Å². The summed E-state index contributed by atoms with van der Waals surface area (Å²) >= 11 is 1.43. The lowest BCUT2D eigenvalue weighted by molar-refractivity contribution is -0.00177. The molecule has 9 heteroatoms. The largest absolute Gasteiger partial charge is 0.387 e. The molecule has 0 spiro atoms. The second-order valence-corrected chi connectivity index (χ2v) is 9.11. The highest BCUT2D eigenvalue weighted by Gasteiger charge is 2.27. The number of nitrogens with one attached hydrogen (secondary N) is 2. The highest BCUT2D eigenvalue weighted by Crippen LogP contribution is 2.37. The molecule has 0 aromatic carbocycles. The lowest BCUT2D eigenvalue weighted by Crippen LogP contribution is -2.42. The lowest BCUT2D eigenvalue weighted by Gasteiger charge is -2.23. The molecule has 7 nitrogen and oxygen atoms in total. The van der Waals surface area contributed by atoms with Crippen LogP contribution in [-0.2, 0) is 0 Å². The number of rotatable bonds is 7. The minimum absolute atomic E-state index is 0.0365. The van der Waals surface area contributed by atoms with Crippen molar-refractivity contribution in [2.45, 2.75) is 45.5 Å². The van der Waals surface area contributed by atoms with E-state index in [0.717, 1.165) is 20.7 Å². The summed E-state index contributed by atoms with van der Waals surface area (Å²) in [5, 5.41) is 25.5. The van der Waals surface area contributed by atoms with Gasteiger partial charge >= 0.3 is 0 Å².